The van der Waals surface area contributed by atoms with Gasteiger partial charge >= 0.3 is 0 Å². The highest BCUT2D eigenvalue weighted by Gasteiger charge is 2.32. The van der Waals surface area contributed by atoms with Crippen LogP contribution in [-0.4, -0.2) is 31.6 Å². The minimum atomic E-state index is -0.802. The fourth-order valence-electron chi connectivity index (χ4n) is 2.80. The summed E-state index contributed by atoms with van der Waals surface area (Å²) in [5.41, 5.74) is 2.24. The maximum atomic E-state index is 12.7. The Labute approximate surface area is 146 Å². The van der Waals surface area contributed by atoms with E-state index in [1.54, 1.807) is 36.3 Å². The summed E-state index contributed by atoms with van der Waals surface area (Å²) in [6.07, 6.45) is -0.802. The van der Waals surface area contributed by atoms with Crippen LogP contribution in [0, 0.1) is 6.92 Å². The largest absolute Gasteiger partial charge is 0.495 e. The zero-order chi connectivity index (χ0) is 18.0. The lowest BCUT2D eigenvalue weighted by Gasteiger charge is -2.33. The van der Waals surface area contributed by atoms with Gasteiger partial charge in [0.15, 0.2) is 6.10 Å². The molecular formula is C19H20N2O4. The fraction of sp³-hybridized carbons (Fsp3) is 0.263. The first kappa shape index (κ1) is 16.8. The van der Waals surface area contributed by atoms with Crippen LogP contribution in [0.1, 0.15) is 12.5 Å². The van der Waals surface area contributed by atoms with Crippen LogP contribution in [0.4, 0.5) is 11.4 Å². The minimum absolute atomic E-state index is 0.137. The molecule has 0 aliphatic carbocycles. The first-order chi connectivity index (χ1) is 12.0. The third-order valence-electron chi connectivity index (χ3n) is 4.06. The molecular weight excluding hydrogens is 320 g/mol. The van der Waals surface area contributed by atoms with Gasteiger partial charge in [0.25, 0.3) is 5.91 Å². The quantitative estimate of drug-likeness (QED) is 0.933. The Balaban J connectivity index is 1.84. The lowest BCUT2D eigenvalue weighted by Crippen LogP contribution is -2.48. The van der Waals surface area contributed by atoms with Crippen molar-refractivity contribution in [2.45, 2.75) is 20.0 Å². The van der Waals surface area contributed by atoms with Gasteiger partial charge in [-0.2, -0.15) is 0 Å². The van der Waals surface area contributed by atoms with Crippen LogP contribution in [0.5, 0.6) is 11.5 Å². The Morgan fingerprint density at radius 1 is 1.24 bits per heavy atom. The SMILES string of the molecule is COc1ccc(C)cc1NC(=O)[C@H]1CN(C(C)=O)c2ccccc2O1. The summed E-state index contributed by atoms with van der Waals surface area (Å²) in [6.45, 7) is 3.56. The van der Waals surface area contributed by atoms with Crippen molar-refractivity contribution in [3.63, 3.8) is 0 Å². The lowest BCUT2D eigenvalue weighted by atomic mass is 10.1. The number of carbonyl (C=O) groups is 2. The Hall–Kier alpha value is -3.02. The summed E-state index contributed by atoms with van der Waals surface area (Å²) in [4.78, 5) is 26.2. The molecule has 0 radical (unpaired) electrons. The van der Waals surface area contributed by atoms with Crippen molar-refractivity contribution in [2.75, 3.05) is 23.9 Å². The van der Waals surface area contributed by atoms with E-state index in [9.17, 15) is 9.59 Å². The third-order valence-corrected chi connectivity index (χ3v) is 4.06. The van der Waals surface area contributed by atoms with Crippen molar-refractivity contribution in [1.29, 1.82) is 0 Å². The average Bonchev–Trinajstić information content (AvgIpc) is 2.60. The summed E-state index contributed by atoms with van der Waals surface area (Å²) in [6, 6.07) is 12.7. The van der Waals surface area contributed by atoms with Crippen LogP contribution < -0.4 is 19.7 Å². The fourth-order valence-corrected chi connectivity index (χ4v) is 2.80. The summed E-state index contributed by atoms with van der Waals surface area (Å²) in [5.74, 6) is 0.616. The molecule has 1 heterocycles. The molecule has 2 aromatic carbocycles. The van der Waals surface area contributed by atoms with Crippen molar-refractivity contribution >= 4 is 23.2 Å². The van der Waals surface area contributed by atoms with Gasteiger partial charge in [0.05, 0.1) is 25.0 Å². The van der Waals surface area contributed by atoms with Gasteiger partial charge in [0.1, 0.15) is 11.5 Å². The number of nitrogens with one attached hydrogen (secondary N) is 1. The molecule has 0 fully saturated rings. The second-order valence-corrected chi connectivity index (χ2v) is 5.90. The maximum Gasteiger partial charge on any atom is 0.267 e. The summed E-state index contributed by atoms with van der Waals surface area (Å²) in [5, 5.41) is 2.84. The van der Waals surface area contributed by atoms with Crippen molar-refractivity contribution in [2.24, 2.45) is 0 Å². The van der Waals surface area contributed by atoms with E-state index in [1.807, 2.05) is 25.1 Å². The molecule has 0 aromatic heterocycles. The molecule has 25 heavy (non-hydrogen) atoms. The molecule has 3 rings (SSSR count). The number of hydrogen-bond acceptors (Lipinski definition) is 4. The molecule has 6 heteroatoms. The van der Waals surface area contributed by atoms with E-state index in [1.165, 1.54) is 6.92 Å². The molecule has 130 valence electrons. The first-order valence-corrected chi connectivity index (χ1v) is 7.99. The number of nitrogens with zero attached hydrogens (tertiary/aromatic N) is 1. The number of anilines is 2. The van der Waals surface area contributed by atoms with E-state index in [4.69, 9.17) is 9.47 Å². The van der Waals surface area contributed by atoms with E-state index >= 15 is 0 Å². The Morgan fingerprint density at radius 2 is 2.00 bits per heavy atom. The monoisotopic (exact) mass is 340 g/mol. The van der Waals surface area contributed by atoms with Crippen molar-refractivity contribution in [3.05, 3.63) is 48.0 Å². The zero-order valence-corrected chi connectivity index (χ0v) is 14.4. The molecule has 1 aliphatic heterocycles. The highest BCUT2D eigenvalue weighted by atomic mass is 16.5. The van der Waals surface area contributed by atoms with E-state index in [2.05, 4.69) is 5.32 Å². The van der Waals surface area contributed by atoms with Gasteiger partial charge in [0.2, 0.25) is 5.91 Å². The highest BCUT2D eigenvalue weighted by molar-refractivity contribution is 6.00. The average molecular weight is 340 g/mol. The Morgan fingerprint density at radius 3 is 2.72 bits per heavy atom. The van der Waals surface area contributed by atoms with Gasteiger partial charge in [0, 0.05) is 6.92 Å². The molecule has 1 aliphatic rings. The molecule has 2 aromatic rings. The second kappa shape index (κ2) is 6.84. The number of fused-ring (bicyclic) bond motifs is 1. The van der Waals surface area contributed by atoms with Crippen molar-refractivity contribution in [1.82, 2.24) is 0 Å². The smallest absolute Gasteiger partial charge is 0.267 e. The summed E-state index contributed by atoms with van der Waals surface area (Å²) < 4.78 is 11.1. The molecule has 0 unspecified atom stereocenters. The number of ether oxygens (including phenoxy) is 2. The third kappa shape index (κ3) is 3.42. The van der Waals surface area contributed by atoms with Gasteiger partial charge in [-0.15, -0.1) is 0 Å². The summed E-state index contributed by atoms with van der Waals surface area (Å²) in [7, 11) is 1.55. The second-order valence-electron chi connectivity index (χ2n) is 5.90. The van der Waals surface area contributed by atoms with Gasteiger partial charge in [-0.25, -0.2) is 0 Å². The first-order valence-electron chi connectivity index (χ1n) is 7.99. The van der Waals surface area contributed by atoms with Gasteiger partial charge in [-0.1, -0.05) is 18.2 Å². The molecule has 2 amide bonds. The molecule has 1 N–H and O–H groups in total. The number of amides is 2. The molecule has 0 bridgehead atoms. The van der Waals surface area contributed by atoms with Crippen LogP contribution in [0.15, 0.2) is 42.5 Å². The van der Waals surface area contributed by atoms with E-state index in [-0.39, 0.29) is 18.4 Å². The molecule has 1 atom stereocenters. The van der Waals surface area contributed by atoms with Crippen molar-refractivity contribution in [3.8, 4) is 11.5 Å². The Bertz CT molecular complexity index is 819. The zero-order valence-electron chi connectivity index (χ0n) is 14.4. The number of para-hydroxylation sites is 2. The topological polar surface area (TPSA) is 67.9 Å². The number of aryl methyl sites for hydroxylation is 1. The van der Waals surface area contributed by atoms with Crippen LogP contribution in [-0.2, 0) is 9.59 Å². The molecule has 0 spiro atoms. The van der Waals surface area contributed by atoms with Crippen LogP contribution in [0.2, 0.25) is 0 Å². The van der Waals surface area contributed by atoms with E-state index < -0.39 is 6.10 Å². The molecule has 6 nitrogen and oxygen atoms in total. The maximum absolute atomic E-state index is 12.7. The van der Waals surface area contributed by atoms with Gasteiger partial charge < -0.3 is 19.7 Å². The normalized spacial score (nSPS) is 15.8. The van der Waals surface area contributed by atoms with Gasteiger partial charge in [-0.3, -0.25) is 9.59 Å². The number of rotatable bonds is 3. The van der Waals surface area contributed by atoms with E-state index in [0.717, 1.165) is 5.56 Å². The summed E-state index contributed by atoms with van der Waals surface area (Å²) >= 11 is 0. The van der Waals surface area contributed by atoms with E-state index in [0.29, 0.717) is 22.9 Å². The number of carbonyl (C=O) groups excluding carboxylic acids is 2. The van der Waals surface area contributed by atoms with Crippen molar-refractivity contribution < 1.29 is 19.1 Å². The standard InChI is InChI=1S/C19H20N2O4/c1-12-8-9-16(24-3)14(10-12)20-19(23)18-11-21(13(2)22)15-6-4-5-7-17(15)25-18/h4-10,18H,11H2,1-3H3,(H,20,23)/t18-/m1/s1. The predicted molar refractivity (Wildman–Crippen MR) is 95.2 cm³/mol. The number of methoxy groups -OCH3 is 1. The lowest BCUT2D eigenvalue weighted by molar-refractivity contribution is -0.123. The number of benzene rings is 2. The predicted octanol–water partition coefficient (Wildman–Crippen LogP) is 2.76. The minimum Gasteiger partial charge on any atom is -0.495 e. The number of hydrogen-bond donors (Lipinski definition) is 1. The molecule has 0 saturated carbocycles. The Kier molecular flexibility index (Phi) is 4.61. The molecule has 0 saturated heterocycles. The van der Waals surface area contributed by atoms with Crippen LogP contribution in [0.25, 0.3) is 0 Å². The highest BCUT2D eigenvalue weighted by Crippen LogP contribution is 2.34. The van der Waals surface area contributed by atoms with Gasteiger partial charge in [-0.05, 0) is 36.8 Å². The van der Waals surface area contributed by atoms with Crippen LogP contribution >= 0.6 is 0 Å². The van der Waals surface area contributed by atoms with Crippen LogP contribution in [0.3, 0.4) is 0 Å².